The Morgan fingerprint density at radius 3 is 2.93 bits per heavy atom. The molecule has 0 radical (unpaired) electrons. The third-order valence-electron chi connectivity index (χ3n) is 5.53. The lowest BCUT2D eigenvalue weighted by Gasteiger charge is -2.18. The van der Waals surface area contributed by atoms with Crippen LogP contribution in [0.4, 0.5) is 17.2 Å². The van der Waals surface area contributed by atoms with E-state index in [9.17, 15) is 4.79 Å². The Balaban J connectivity index is 1.64. The molecule has 2 aromatic heterocycles. The van der Waals surface area contributed by atoms with E-state index in [-0.39, 0.29) is 11.9 Å². The van der Waals surface area contributed by atoms with Crippen LogP contribution in [0.2, 0.25) is 0 Å². The Hall–Kier alpha value is -3.49. The van der Waals surface area contributed by atoms with Crippen LogP contribution < -0.4 is 21.7 Å². The number of aryl methyl sites for hydroxylation is 1. The Morgan fingerprint density at radius 2 is 2.17 bits per heavy atom. The average molecular weight is 409 g/mol. The molecule has 1 aliphatic heterocycles. The third kappa shape index (κ3) is 3.96. The van der Waals surface area contributed by atoms with Gasteiger partial charge in [-0.15, -0.1) is 0 Å². The fourth-order valence-corrected chi connectivity index (χ4v) is 3.73. The number of nitrogens with two attached hydrogens (primary N) is 1. The van der Waals surface area contributed by atoms with Gasteiger partial charge in [0.2, 0.25) is 0 Å². The second-order valence-electron chi connectivity index (χ2n) is 7.55. The van der Waals surface area contributed by atoms with Crippen molar-refractivity contribution in [3.63, 3.8) is 0 Å². The molecule has 3 aromatic rings. The fraction of sp³-hybridized carbons (Fsp3) is 0.381. The summed E-state index contributed by atoms with van der Waals surface area (Å²) < 4.78 is 1.49. The summed E-state index contributed by atoms with van der Waals surface area (Å²) in [6.07, 6.45) is 7.28. The number of imidazole rings is 1. The summed E-state index contributed by atoms with van der Waals surface area (Å²) >= 11 is 0. The molecule has 30 heavy (non-hydrogen) atoms. The third-order valence-corrected chi connectivity index (χ3v) is 5.53. The zero-order valence-corrected chi connectivity index (χ0v) is 17.3. The second-order valence-corrected chi connectivity index (χ2v) is 7.55. The van der Waals surface area contributed by atoms with E-state index in [0.29, 0.717) is 11.4 Å². The molecule has 3 heterocycles. The van der Waals surface area contributed by atoms with E-state index in [1.807, 2.05) is 19.3 Å². The van der Waals surface area contributed by atoms with Gasteiger partial charge in [-0.25, -0.2) is 4.98 Å². The number of hydrogen-bond acceptors (Lipinski definition) is 6. The molecule has 158 valence electrons. The number of aromatic nitrogens is 4. The zero-order valence-electron chi connectivity index (χ0n) is 17.3. The predicted molar refractivity (Wildman–Crippen MR) is 118 cm³/mol. The molecule has 9 heteroatoms. The summed E-state index contributed by atoms with van der Waals surface area (Å²) in [4.78, 5) is 20.9. The summed E-state index contributed by atoms with van der Waals surface area (Å²) in [5.74, 6) is 0.850. The largest absolute Gasteiger partial charge is 0.388 e. The van der Waals surface area contributed by atoms with Gasteiger partial charge in [0.05, 0.1) is 17.9 Å². The molecule has 2 bridgehead atoms. The Labute approximate surface area is 175 Å². The lowest BCUT2D eigenvalue weighted by Crippen LogP contribution is -2.30. The van der Waals surface area contributed by atoms with Crippen LogP contribution in [0.5, 0.6) is 0 Å². The van der Waals surface area contributed by atoms with Crippen molar-refractivity contribution < 1.29 is 4.79 Å². The molecule has 0 unspecified atom stereocenters. The Morgan fingerprint density at radius 1 is 1.30 bits per heavy atom. The number of hydrogen-bond donors (Lipinski definition) is 5. The van der Waals surface area contributed by atoms with E-state index in [2.05, 4.69) is 38.2 Å². The molecule has 1 aromatic carbocycles. The van der Waals surface area contributed by atoms with Gasteiger partial charge in [0.1, 0.15) is 17.2 Å². The van der Waals surface area contributed by atoms with E-state index in [1.54, 1.807) is 7.05 Å². The van der Waals surface area contributed by atoms with Gasteiger partial charge in [0.25, 0.3) is 5.91 Å². The van der Waals surface area contributed by atoms with Crippen LogP contribution in [0, 0.1) is 0 Å². The van der Waals surface area contributed by atoms with Crippen molar-refractivity contribution in [3.05, 3.63) is 42.0 Å². The maximum Gasteiger partial charge on any atom is 0.257 e. The quantitative estimate of drug-likeness (QED) is 0.454. The summed E-state index contributed by atoms with van der Waals surface area (Å²) in [6, 6.07) is 5.97. The van der Waals surface area contributed by atoms with Crippen LogP contribution >= 0.6 is 0 Å². The minimum absolute atomic E-state index is 0.224. The molecule has 1 amide bonds. The Kier molecular flexibility index (Phi) is 5.60. The van der Waals surface area contributed by atoms with Gasteiger partial charge in [-0.1, -0.05) is 12.8 Å². The number of carbonyl (C=O) groups is 1. The van der Waals surface area contributed by atoms with Crippen molar-refractivity contribution in [1.29, 1.82) is 0 Å². The molecule has 0 saturated carbocycles. The first kappa shape index (κ1) is 19.8. The highest BCUT2D eigenvalue weighted by Crippen LogP contribution is 2.31. The van der Waals surface area contributed by atoms with E-state index in [1.165, 1.54) is 10.9 Å². The van der Waals surface area contributed by atoms with Gasteiger partial charge in [0, 0.05) is 43.8 Å². The molecule has 6 N–H and O–H groups in total. The van der Waals surface area contributed by atoms with E-state index >= 15 is 0 Å². The van der Waals surface area contributed by atoms with Crippen molar-refractivity contribution in [2.75, 3.05) is 30.0 Å². The highest BCUT2D eigenvalue weighted by Gasteiger charge is 2.22. The van der Waals surface area contributed by atoms with Gasteiger partial charge >= 0.3 is 0 Å². The van der Waals surface area contributed by atoms with Crippen LogP contribution in [-0.4, -0.2) is 39.2 Å². The first-order chi connectivity index (χ1) is 14.6. The monoisotopic (exact) mass is 408 g/mol. The molecule has 0 aliphatic carbocycles. The number of nitrogens with one attached hydrogen (secondary N) is 4. The van der Waals surface area contributed by atoms with Gasteiger partial charge in [-0.2, -0.15) is 5.10 Å². The summed E-state index contributed by atoms with van der Waals surface area (Å²) in [5, 5.41) is 13.9. The number of carbonyl (C=O) groups excluding carboxylic acids is 1. The Bertz CT molecular complexity index is 1040. The SMILES string of the molecule is CNc1ccc2c(c1)NCCCCC[C@H](NC(=O)c1cnn(C)c1N)c1nc-2c[nH]1. The van der Waals surface area contributed by atoms with Crippen molar-refractivity contribution in [2.45, 2.75) is 31.7 Å². The molecule has 1 aliphatic rings. The lowest BCUT2D eigenvalue weighted by molar-refractivity contribution is 0.0933. The molecule has 4 rings (SSSR count). The van der Waals surface area contributed by atoms with E-state index in [4.69, 9.17) is 10.7 Å². The van der Waals surface area contributed by atoms with Crippen LogP contribution in [0.3, 0.4) is 0 Å². The zero-order chi connectivity index (χ0) is 21.1. The summed E-state index contributed by atoms with van der Waals surface area (Å²) in [5.41, 5.74) is 10.3. The van der Waals surface area contributed by atoms with Gasteiger partial charge in [0.15, 0.2) is 0 Å². The number of nitrogens with zero attached hydrogens (tertiary/aromatic N) is 3. The lowest BCUT2D eigenvalue weighted by atomic mass is 10.1. The van der Waals surface area contributed by atoms with Gasteiger partial charge in [-0.05, 0) is 31.0 Å². The van der Waals surface area contributed by atoms with Crippen molar-refractivity contribution in [1.82, 2.24) is 25.1 Å². The number of anilines is 3. The molecule has 0 spiro atoms. The molecule has 9 nitrogen and oxygen atoms in total. The number of amides is 1. The minimum Gasteiger partial charge on any atom is -0.388 e. The number of fused-ring (bicyclic) bond motifs is 4. The first-order valence-electron chi connectivity index (χ1n) is 10.3. The van der Waals surface area contributed by atoms with Crippen molar-refractivity contribution >= 4 is 23.1 Å². The summed E-state index contributed by atoms with van der Waals surface area (Å²) in [6.45, 7) is 0.890. The smallest absolute Gasteiger partial charge is 0.257 e. The molecule has 0 fully saturated rings. The molecule has 1 atom stereocenters. The van der Waals surface area contributed by atoms with Gasteiger partial charge in [-0.3, -0.25) is 9.48 Å². The number of H-pyrrole nitrogens is 1. The topological polar surface area (TPSA) is 126 Å². The number of rotatable bonds is 3. The normalized spacial score (nSPS) is 16.5. The highest BCUT2D eigenvalue weighted by atomic mass is 16.1. The maximum atomic E-state index is 12.8. The standard InChI is InChI=1S/C21H28N8O/c1-23-13-7-8-14-17(10-13)24-9-5-3-4-6-16(20-25-12-18(14)27-20)28-21(30)15-11-26-29(2)19(15)22/h7-8,10-12,16,23-24H,3-6,9,22H2,1-2H3,(H,25,27)(H,28,30)/t16-/m0/s1. The number of aromatic amines is 1. The fourth-order valence-electron chi connectivity index (χ4n) is 3.73. The second kappa shape index (κ2) is 8.48. The van der Waals surface area contributed by atoms with Crippen molar-refractivity contribution in [3.8, 4) is 11.3 Å². The number of benzene rings is 1. The molecular weight excluding hydrogens is 380 g/mol. The van der Waals surface area contributed by atoms with Crippen molar-refractivity contribution in [2.24, 2.45) is 7.05 Å². The molecular formula is C21H28N8O. The van der Waals surface area contributed by atoms with E-state index in [0.717, 1.165) is 60.7 Å². The summed E-state index contributed by atoms with van der Waals surface area (Å²) in [7, 11) is 3.62. The average Bonchev–Trinajstić information content (AvgIpc) is 3.36. The minimum atomic E-state index is -0.239. The van der Waals surface area contributed by atoms with Crippen LogP contribution in [0.1, 0.15) is 47.9 Å². The van der Waals surface area contributed by atoms with Gasteiger partial charge < -0.3 is 26.7 Å². The number of nitrogen functional groups attached to an aromatic ring is 1. The van der Waals surface area contributed by atoms with Crippen LogP contribution in [0.15, 0.2) is 30.6 Å². The molecule has 0 saturated heterocycles. The van der Waals surface area contributed by atoms with E-state index < -0.39 is 0 Å². The highest BCUT2D eigenvalue weighted by molar-refractivity contribution is 5.98. The predicted octanol–water partition coefficient (Wildman–Crippen LogP) is 2.89. The van der Waals surface area contributed by atoms with Crippen LogP contribution in [-0.2, 0) is 7.05 Å². The van der Waals surface area contributed by atoms with Crippen LogP contribution in [0.25, 0.3) is 11.3 Å². The first-order valence-corrected chi connectivity index (χ1v) is 10.3. The maximum absolute atomic E-state index is 12.8.